The Morgan fingerprint density at radius 2 is 1.86 bits per heavy atom. The molecule has 2 aromatic rings. The Hall–Kier alpha value is -2.55. The SMILES string of the molecule is CCOC(=O)/C=C1\OC(Cc2ccccc2)c2ccccc21. The van der Waals surface area contributed by atoms with Gasteiger partial charge in [0.25, 0.3) is 0 Å². The van der Waals surface area contributed by atoms with Crippen molar-refractivity contribution in [2.24, 2.45) is 0 Å². The average Bonchev–Trinajstić information content (AvgIpc) is 2.87. The van der Waals surface area contributed by atoms with E-state index in [1.807, 2.05) is 36.4 Å². The van der Waals surface area contributed by atoms with Gasteiger partial charge < -0.3 is 9.47 Å². The van der Waals surface area contributed by atoms with Crippen molar-refractivity contribution in [1.82, 2.24) is 0 Å². The molecule has 3 nitrogen and oxygen atoms in total. The second-order valence-corrected chi connectivity index (χ2v) is 5.14. The third-order valence-electron chi connectivity index (χ3n) is 3.64. The van der Waals surface area contributed by atoms with Crippen LogP contribution in [-0.2, 0) is 20.7 Å². The molecule has 22 heavy (non-hydrogen) atoms. The van der Waals surface area contributed by atoms with Gasteiger partial charge in [0.15, 0.2) is 0 Å². The fraction of sp³-hybridized carbons (Fsp3) is 0.211. The van der Waals surface area contributed by atoms with Crippen LogP contribution in [0, 0.1) is 0 Å². The molecule has 2 aromatic carbocycles. The number of esters is 1. The predicted octanol–water partition coefficient (Wildman–Crippen LogP) is 3.90. The lowest BCUT2D eigenvalue weighted by molar-refractivity contribution is -0.137. The van der Waals surface area contributed by atoms with Crippen molar-refractivity contribution in [2.45, 2.75) is 19.4 Å². The van der Waals surface area contributed by atoms with Crippen LogP contribution in [0.1, 0.15) is 29.7 Å². The molecule has 3 rings (SSSR count). The first kappa shape index (κ1) is 14.4. The Labute approximate surface area is 130 Å². The van der Waals surface area contributed by atoms with Crippen molar-refractivity contribution >= 4 is 11.7 Å². The zero-order valence-corrected chi connectivity index (χ0v) is 12.5. The quantitative estimate of drug-likeness (QED) is 0.633. The molecule has 0 bridgehead atoms. The van der Waals surface area contributed by atoms with E-state index in [9.17, 15) is 4.79 Å². The van der Waals surface area contributed by atoms with Crippen molar-refractivity contribution < 1.29 is 14.3 Å². The van der Waals surface area contributed by atoms with E-state index in [2.05, 4.69) is 18.2 Å². The normalized spacial score (nSPS) is 17.9. The second-order valence-electron chi connectivity index (χ2n) is 5.14. The fourth-order valence-electron chi connectivity index (χ4n) is 2.66. The molecule has 0 N–H and O–H groups in total. The van der Waals surface area contributed by atoms with Crippen LogP contribution in [0.4, 0.5) is 0 Å². The smallest absolute Gasteiger partial charge is 0.334 e. The summed E-state index contributed by atoms with van der Waals surface area (Å²) in [4.78, 5) is 11.7. The molecular formula is C19H18O3. The largest absolute Gasteiger partial charge is 0.484 e. The molecule has 0 spiro atoms. The van der Waals surface area contributed by atoms with Gasteiger partial charge in [-0.3, -0.25) is 0 Å². The van der Waals surface area contributed by atoms with Crippen molar-refractivity contribution in [2.75, 3.05) is 6.61 Å². The molecule has 1 heterocycles. The van der Waals surface area contributed by atoms with Gasteiger partial charge in [-0.25, -0.2) is 4.79 Å². The number of carbonyl (C=O) groups is 1. The van der Waals surface area contributed by atoms with Crippen LogP contribution < -0.4 is 0 Å². The minimum Gasteiger partial charge on any atom is -0.484 e. The molecule has 1 aliphatic rings. The monoisotopic (exact) mass is 294 g/mol. The van der Waals surface area contributed by atoms with Crippen LogP contribution >= 0.6 is 0 Å². The summed E-state index contributed by atoms with van der Waals surface area (Å²) >= 11 is 0. The highest BCUT2D eigenvalue weighted by Crippen LogP contribution is 2.39. The van der Waals surface area contributed by atoms with Gasteiger partial charge in [0, 0.05) is 17.5 Å². The number of carbonyl (C=O) groups excluding carboxylic acids is 1. The maximum Gasteiger partial charge on any atom is 0.334 e. The first-order valence-corrected chi connectivity index (χ1v) is 7.46. The van der Waals surface area contributed by atoms with Crippen molar-refractivity contribution in [3.8, 4) is 0 Å². The van der Waals surface area contributed by atoms with E-state index >= 15 is 0 Å². The molecular weight excluding hydrogens is 276 g/mol. The van der Waals surface area contributed by atoms with Gasteiger partial charge >= 0.3 is 5.97 Å². The number of fused-ring (bicyclic) bond motifs is 1. The molecule has 0 aromatic heterocycles. The van der Waals surface area contributed by atoms with E-state index < -0.39 is 0 Å². The summed E-state index contributed by atoms with van der Waals surface area (Å²) in [6, 6.07) is 18.2. The van der Waals surface area contributed by atoms with Crippen LogP contribution in [0.15, 0.2) is 60.7 Å². The standard InChI is InChI=1S/C19H18O3/c1-2-21-19(20)13-18-16-11-7-6-10-15(16)17(22-18)12-14-8-4-3-5-9-14/h3-11,13,17H,2,12H2,1H3/b18-13-. The summed E-state index contributed by atoms with van der Waals surface area (Å²) in [5.74, 6) is 0.225. The summed E-state index contributed by atoms with van der Waals surface area (Å²) in [6.45, 7) is 2.15. The molecule has 0 fully saturated rings. The summed E-state index contributed by atoms with van der Waals surface area (Å²) in [5.41, 5.74) is 3.29. The summed E-state index contributed by atoms with van der Waals surface area (Å²) < 4.78 is 11.0. The van der Waals surface area contributed by atoms with Gasteiger partial charge in [0.1, 0.15) is 11.9 Å². The number of hydrogen-bond acceptors (Lipinski definition) is 3. The van der Waals surface area contributed by atoms with Gasteiger partial charge in [-0.15, -0.1) is 0 Å². The maximum absolute atomic E-state index is 11.7. The molecule has 0 saturated carbocycles. The Kier molecular flexibility index (Phi) is 4.24. The summed E-state index contributed by atoms with van der Waals surface area (Å²) in [7, 11) is 0. The Morgan fingerprint density at radius 3 is 2.64 bits per heavy atom. The fourth-order valence-corrected chi connectivity index (χ4v) is 2.66. The molecule has 1 atom stereocenters. The van der Waals surface area contributed by atoms with Crippen molar-refractivity contribution in [1.29, 1.82) is 0 Å². The Morgan fingerprint density at radius 1 is 1.14 bits per heavy atom. The second kappa shape index (κ2) is 6.48. The molecule has 3 heteroatoms. The third-order valence-corrected chi connectivity index (χ3v) is 3.64. The Bertz CT molecular complexity index is 689. The summed E-state index contributed by atoms with van der Waals surface area (Å²) in [6.07, 6.45) is 2.14. The van der Waals surface area contributed by atoms with Gasteiger partial charge in [0.2, 0.25) is 0 Å². The topological polar surface area (TPSA) is 35.5 Å². The lowest BCUT2D eigenvalue weighted by atomic mass is 9.99. The van der Waals surface area contributed by atoms with Crippen LogP contribution in [0.2, 0.25) is 0 Å². The highest BCUT2D eigenvalue weighted by molar-refractivity contribution is 5.91. The third kappa shape index (κ3) is 3.03. The van der Waals surface area contributed by atoms with E-state index in [1.165, 1.54) is 11.6 Å². The van der Waals surface area contributed by atoms with E-state index in [4.69, 9.17) is 9.47 Å². The highest BCUT2D eigenvalue weighted by Gasteiger charge is 2.28. The van der Waals surface area contributed by atoms with Gasteiger partial charge in [-0.05, 0) is 12.5 Å². The molecule has 0 radical (unpaired) electrons. The average molecular weight is 294 g/mol. The molecule has 0 aliphatic carbocycles. The van der Waals surface area contributed by atoms with E-state index in [0.29, 0.717) is 12.4 Å². The first-order valence-electron chi connectivity index (χ1n) is 7.46. The van der Waals surface area contributed by atoms with Gasteiger partial charge in [0.05, 0.1) is 12.7 Å². The van der Waals surface area contributed by atoms with E-state index in [1.54, 1.807) is 6.92 Å². The minimum atomic E-state index is -0.368. The number of ether oxygens (including phenoxy) is 2. The number of benzene rings is 2. The summed E-state index contributed by atoms with van der Waals surface area (Å²) in [5, 5.41) is 0. The van der Waals surface area contributed by atoms with Crippen LogP contribution in [-0.4, -0.2) is 12.6 Å². The zero-order valence-electron chi connectivity index (χ0n) is 12.5. The van der Waals surface area contributed by atoms with Crippen molar-refractivity contribution in [3.05, 3.63) is 77.4 Å². The van der Waals surface area contributed by atoms with Crippen LogP contribution in [0.3, 0.4) is 0 Å². The van der Waals surface area contributed by atoms with E-state index in [-0.39, 0.29) is 12.1 Å². The van der Waals surface area contributed by atoms with Crippen LogP contribution in [0.25, 0.3) is 5.76 Å². The molecule has 1 aliphatic heterocycles. The minimum absolute atomic E-state index is 0.0701. The van der Waals surface area contributed by atoms with E-state index in [0.717, 1.165) is 17.5 Å². The van der Waals surface area contributed by atoms with Gasteiger partial charge in [-0.1, -0.05) is 54.6 Å². The van der Waals surface area contributed by atoms with Crippen LogP contribution in [0.5, 0.6) is 0 Å². The highest BCUT2D eigenvalue weighted by atomic mass is 16.5. The molecule has 112 valence electrons. The van der Waals surface area contributed by atoms with Gasteiger partial charge in [-0.2, -0.15) is 0 Å². The lowest BCUT2D eigenvalue weighted by Crippen LogP contribution is -2.02. The molecule has 0 saturated heterocycles. The number of rotatable bonds is 4. The number of hydrogen-bond donors (Lipinski definition) is 0. The lowest BCUT2D eigenvalue weighted by Gasteiger charge is -2.12. The van der Waals surface area contributed by atoms with Crippen molar-refractivity contribution in [3.63, 3.8) is 0 Å². The zero-order chi connectivity index (χ0) is 15.4. The molecule has 1 unspecified atom stereocenters. The maximum atomic E-state index is 11.7. The predicted molar refractivity (Wildman–Crippen MR) is 85.0 cm³/mol. The Balaban J connectivity index is 1.87. The first-order chi connectivity index (χ1) is 10.8. The molecule has 0 amide bonds.